The SMILES string of the molecule is CC1(C)CCCC1Nc1ccc(C(N)=O)nn1. The normalized spacial score (nSPS) is 22.4. The quantitative estimate of drug-likeness (QED) is 0.831. The molecule has 0 aromatic carbocycles. The first-order valence-corrected chi connectivity index (χ1v) is 5.89. The number of carbonyl (C=O) groups excluding carboxylic acids is 1. The van der Waals surface area contributed by atoms with Crippen LogP contribution in [0.15, 0.2) is 12.1 Å². The summed E-state index contributed by atoms with van der Waals surface area (Å²) in [5.74, 6) is 0.153. The van der Waals surface area contributed by atoms with Crippen molar-refractivity contribution in [3.05, 3.63) is 17.8 Å². The van der Waals surface area contributed by atoms with E-state index < -0.39 is 5.91 Å². The lowest BCUT2D eigenvalue weighted by molar-refractivity contribution is 0.0994. The van der Waals surface area contributed by atoms with E-state index in [0.717, 1.165) is 6.42 Å². The van der Waals surface area contributed by atoms with Gasteiger partial charge in [0.1, 0.15) is 5.82 Å². The summed E-state index contributed by atoms with van der Waals surface area (Å²) in [6.45, 7) is 4.51. The van der Waals surface area contributed by atoms with Crippen LogP contribution in [0.4, 0.5) is 5.82 Å². The van der Waals surface area contributed by atoms with Crippen molar-refractivity contribution in [1.29, 1.82) is 0 Å². The van der Waals surface area contributed by atoms with Crippen LogP contribution >= 0.6 is 0 Å². The highest BCUT2D eigenvalue weighted by atomic mass is 16.1. The minimum absolute atomic E-state index is 0.196. The van der Waals surface area contributed by atoms with Gasteiger partial charge in [-0.3, -0.25) is 4.79 Å². The molecule has 0 aliphatic heterocycles. The van der Waals surface area contributed by atoms with Gasteiger partial charge in [-0.25, -0.2) is 0 Å². The van der Waals surface area contributed by atoms with Crippen LogP contribution in [0.1, 0.15) is 43.6 Å². The molecule has 17 heavy (non-hydrogen) atoms. The number of primary amides is 1. The van der Waals surface area contributed by atoms with Crippen LogP contribution < -0.4 is 11.1 Å². The first-order valence-electron chi connectivity index (χ1n) is 5.89. The van der Waals surface area contributed by atoms with Gasteiger partial charge in [0.2, 0.25) is 0 Å². The Bertz CT molecular complexity index is 413. The van der Waals surface area contributed by atoms with Gasteiger partial charge in [-0.2, -0.15) is 0 Å². The predicted octanol–water partition coefficient (Wildman–Crippen LogP) is 1.57. The maximum Gasteiger partial charge on any atom is 0.269 e. The Morgan fingerprint density at radius 3 is 2.71 bits per heavy atom. The van der Waals surface area contributed by atoms with E-state index in [1.165, 1.54) is 12.8 Å². The van der Waals surface area contributed by atoms with Crippen LogP contribution in [-0.4, -0.2) is 22.1 Å². The highest BCUT2D eigenvalue weighted by Crippen LogP contribution is 2.38. The molecule has 1 fully saturated rings. The van der Waals surface area contributed by atoms with Gasteiger partial charge in [0.25, 0.3) is 5.91 Å². The molecule has 1 aliphatic rings. The zero-order chi connectivity index (χ0) is 12.5. The molecule has 1 heterocycles. The molecule has 1 aromatic rings. The zero-order valence-electron chi connectivity index (χ0n) is 10.2. The Morgan fingerprint density at radius 2 is 2.24 bits per heavy atom. The fourth-order valence-electron chi connectivity index (χ4n) is 2.31. The number of nitrogens with one attached hydrogen (secondary N) is 1. The van der Waals surface area contributed by atoms with Crippen LogP contribution in [0, 0.1) is 5.41 Å². The number of aromatic nitrogens is 2. The molecular formula is C12H18N4O. The van der Waals surface area contributed by atoms with Crippen molar-refractivity contribution in [3.8, 4) is 0 Å². The largest absolute Gasteiger partial charge is 0.365 e. The lowest BCUT2D eigenvalue weighted by Gasteiger charge is -2.27. The van der Waals surface area contributed by atoms with Crippen LogP contribution in [0.5, 0.6) is 0 Å². The van der Waals surface area contributed by atoms with Crippen LogP contribution in [-0.2, 0) is 0 Å². The number of hydrogen-bond acceptors (Lipinski definition) is 4. The third-order valence-corrected chi connectivity index (χ3v) is 3.50. The summed E-state index contributed by atoms with van der Waals surface area (Å²) in [6.07, 6.45) is 3.60. The molecular weight excluding hydrogens is 216 g/mol. The predicted molar refractivity (Wildman–Crippen MR) is 65.6 cm³/mol. The maximum absolute atomic E-state index is 10.9. The lowest BCUT2D eigenvalue weighted by Crippen LogP contribution is -2.31. The summed E-state index contributed by atoms with van der Waals surface area (Å²) in [6, 6.07) is 3.76. The smallest absolute Gasteiger partial charge is 0.269 e. The van der Waals surface area contributed by atoms with Crippen molar-refractivity contribution in [2.75, 3.05) is 5.32 Å². The van der Waals surface area contributed by atoms with Crippen molar-refractivity contribution in [2.24, 2.45) is 11.1 Å². The summed E-state index contributed by atoms with van der Waals surface area (Å²) in [7, 11) is 0. The highest BCUT2D eigenvalue weighted by molar-refractivity contribution is 5.90. The number of nitrogens with two attached hydrogens (primary N) is 1. The number of nitrogens with zero attached hydrogens (tertiary/aromatic N) is 2. The number of rotatable bonds is 3. The monoisotopic (exact) mass is 234 g/mol. The minimum Gasteiger partial charge on any atom is -0.365 e. The summed E-state index contributed by atoms with van der Waals surface area (Å²) < 4.78 is 0. The molecule has 1 aliphatic carbocycles. The topological polar surface area (TPSA) is 80.9 Å². The van der Waals surface area contributed by atoms with Gasteiger partial charge in [-0.1, -0.05) is 20.3 Å². The number of amides is 1. The average Bonchev–Trinajstić information content (AvgIpc) is 2.59. The molecule has 1 unspecified atom stereocenters. The lowest BCUT2D eigenvalue weighted by atomic mass is 9.87. The van der Waals surface area contributed by atoms with E-state index in [0.29, 0.717) is 11.9 Å². The third kappa shape index (κ3) is 2.54. The molecule has 1 aromatic heterocycles. The summed E-state index contributed by atoms with van der Waals surface area (Å²) in [5, 5.41) is 11.1. The molecule has 5 heteroatoms. The maximum atomic E-state index is 10.9. The molecule has 5 nitrogen and oxygen atoms in total. The molecule has 2 rings (SSSR count). The Hall–Kier alpha value is -1.65. The van der Waals surface area contributed by atoms with Crippen molar-refractivity contribution in [3.63, 3.8) is 0 Å². The Kier molecular flexibility index (Phi) is 3.00. The van der Waals surface area contributed by atoms with Gasteiger partial charge in [0.15, 0.2) is 5.69 Å². The molecule has 0 bridgehead atoms. The number of hydrogen-bond donors (Lipinski definition) is 2. The van der Waals surface area contributed by atoms with Crippen molar-refractivity contribution in [2.45, 2.75) is 39.2 Å². The molecule has 92 valence electrons. The van der Waals surface area contributed by atoms with Crippen molar-refractivity contribution < 1.29 is 4.79 Å². The van der Waals surface area contributed by atoms with Gasteiger partial charge in [-0.15, -0.1) is 10.2 Å². The van der Waals surface area contributed by atoms with E-state index >= 15 is 0 Å². The van der Waals surface area contributed by atoms with E-state index in [2.05, 4.69) is 29.4 Å². The molecule has 3 N–H and O–H groups in total. The molecule has 0 radical (unpaired) electrons. The van der Waals surface area contributed by atoms with E-state index in [-0.39, 0.29) is 11.1 Å². The molecule has 1 atom stereocenters. The zero-order valence-corrected chi connectivity index (χ0v) is 10.2. The highest BCUT2D eigenvalue weighted by Gasteiger charge is 2.34. The second-order valence-electron chi connectivity index (χ2n) is 5.25. The summed E-state index contributed by atoms with van der Waals surface area (Å²) in [4.78, 5) is 10.9. The van der Waals surface area contributed by atoms with E-state index in [9.17, 15) is 4.79 Å². The molecule has 0 saturated heterocycles. The fourth-order valence-corrected chi connectivity index (χ4v) is 2.31. The fraction of sp³-hybridized carbons (Fsp3) is 0.583. The van der Waals surface area contributed by atoms with Gasteiger partial charge in [0, 0.05) is 6.04 Å². The minimum atomic E-state index is -0.551. The van der Waals surface area contributed by atoms with Gasteiger partial charge >= 0.3 is 0 Å². The summed E-state index contributed by atoms with van der Waals surface area (Å²) in [5.41, 5.74) is 5.59. The Balaban J connectivity index is 2.06. The van der Waals surface area contributed by atoms with E-state index in [4.69, 9.17) is 5.73 Å². The van der Waals surface area contributed by atoms with Gasteiger partial charge in [0.05, 0.1) is 0 Å². The van der Waals surface area contributed by atoms with Gasteiger partial charge < -0.3 is 11.1 Å². The standard InChI is InChI=1S/C12H18N4O/c1-12(2)7-3-4-9(12)14-10-6-5-8(11(13)17)15-16-10/h5-6,9H,3-4,7H2,1-2H3,(H2,13,17)(H,14,16). The second kappa shape index (κ2) is 4.31. The molecule has 1 amide bonds. The number of anilines is 1. The van der Waals surface area contributed by atoms with E-state index in [1.807, 2.05) is 0 Å². The average molecular weight is 234 g/mol. The Labute approximate surface area is 101 Å². The van der Waals surface area contributed by atoms with Crippen LogP contribution in [0.3, 0.4) is 0 Å². The first-order chi connectivity index (χ1) is 7.99. The van der Waals surface area contributed by atoms with Crippen LogP contribution in [0.2, 0.25) is 0 Å². The summed E-state index contributed by atoms with van der Waals surface area (Å²) >= 11 is 0. The van der Waals surface area contributed by atoms with Crippen molar-refractivity contribution >= 4 is 11.7 Å². The number of carbonyl (C=O) groups is 1. The second-order valence-corrected chi connectivity index (χ2v) is 5.25. The first kappa shape index (κ1) is 11.8. The van der Waals surface area contributed by atoms with Gasteiger partial charge in [-0.05, 0) is 30.4 Å². The molecule has 0 spiro atoms. The Morgan fingerprint density at radius 1 is 1.47 bits per heavy atom. The van der Waals surface area contributed by atoms with Crippen LogP contribution in [0.25, 0.3) is 0 Å². The third-order valence-electron chi connectivity index (χ3n) is 3.50. The molecule has 1 saturated carbocycles. The van der Waals surface area contributed by atoms with Crippen molar-refractivity contribution in [1.82, 2.24) is 10.2 Å². The van der Waals surface area contributed by atoms with E-state index in [1.54, 1.807) is 12.1 Å².